The lowest BCUT2D eigenvalue weighted by Gasteiger charge is -2.20. The summed E-state index contributed by atoms with van der Waals surface area (Å²) in [4.78, 5) is 11.9. The molecular weight excluding hydrogens is 356 g/mol. The Bertz CT molecular complexity index is 1030. The van der Waals surface area contributed by atoms with Crippen LogP contribution in [-0.2, 0) is 11.2 Å². The van der Waals surface area contributed by atoms with Crippen molar-refractivity contribution < 1.29 is 23.4 Å². The topological polar surface area (TPSA) is 57.9 Å². The van der Waals surface area contributed by atoms with Crippen LogP contribution >= 0.6 is 0 Å². The fourth-order valence-corrected chi connectivity index (χ4v) is 3.66. The number of benzene rings is 2. The first kappa shape index (κ1) is 19.8. The smallest absolute Gasteiger partial charge is 0.374 e. The molecule has 0 radical (unpaired) electrons. The third-order valence-electron chi connectivity index (χ3n) is 5.16. The van der Waals surface area contributed by atoms with Crippen molar-refractivity contribution in [1.29, 1.82) is 0 Å². The van der Waals surface area contributed by atoms with Crippen molar-refractivity contribution in [3.05, 3.63) is 57.8 Å². The van der Waals surface area contributed by atoms with Crippen LogP contribution in [0.1, 0.15) is 45.3 Å². The third-order valence-corrected chi connectivity index (χ3v) is 5.16. The number of ether oxygens (including phenoxy) is 3. The van der Waals surface area contributed by atoms with Gasteiger partial charge in [-0.05, 0) is 68.1 Å². The van der Waals surface area contributed by atoms with Crippen molar-refractivity contribution in [2.45, 2.75) is 34.1 Å². The Balaban J connectivity index is 2.03. The third kappa shape index (κ3) is 3.44. The Morgan fingerprint density at radius 3 is 2.29 bits per heavy atom. The summed E-state index contributed by atoms with van der Waals surface area (Å²) in [5.74, 6) is 1.55. The van der Waals surface area contributed by atoms with Crippen LogP contribution in [0.5, 0.6) is 11.5 Å². The molecule has 0 aliphatic rings. The standard InChI is InChI=1S/C23H26O5/c1-7-27-23(24)20-12-17-10-16(8-9-19(17)28-20)11-18-15(4)21(25-5)13(2)14(3)22(18)26-6/h8-10,12H,7,11H2,1-6H3. The maximum Gasteiger partial charge on any atom is 0.374 e. The van der Waals surface area contributed by atoms with E-state index in [1.807, 2.05) is 32.0 Å². The van der Waals surface area contributed by atoms with Crippen molar-refractivity contribution in [3.8, 4) is 11.5 Å². The number of carbonyl (C=O) groups excluding carboxylic acids is 1. The fraction of sp³-hybridized carbons (Fsp3) is 0.348. The zero-order valence-electron chi connectivity index (χ0n) is 17.3. The van der Waals surface area contributed by atoms with Gasteiger partial charge in [-0.25, -0.2) is 4.79 Å². The molecule has 2 aromatic carbocycles. The lowest BCUT2D eigenvalue weighted by Crippen LogP contribution is -2.04. The Kier molecular flexibility index (Phi) is 5.63. The van der Waals surface area contributed by atoms with E-state index in [0.717, 1.165) is 44.7 Å². The summed E-state index contributed by atoms with van der Waals surface area (Å²) < 4.78 is 22.0. The second kappa shape index (κ2) is 7.97. The molecule has 3 rings (SSSR count). The van der Waals surface area contributed by atoms with E-state index in [2.05, 4.69) is 6.92 Å². The van der Waals surface area contributed by atoms with Gasteiger partial charge in [-0.2, -0.15) is 0 Å². The van der Waals surface area contributed by atoms with Gasteiger partial charge in [0.25, 0.3) is 0 Å². The molecule has 0 aliphatic heterocycles. The normalized spacial score (nSPS) is 10.9. The Labute approximate surface area is 165 Å². The molecule has 5 heteroatoms. The van der Waals surface area contributed by atoms with Gasteiger partial charge in [0.15, 0.2) is 0 Å². The quantitative estimate of drug-likeness (QED) is 0.552. The summed E-state index contributed by atoms with van der Waals surface area (Å²) in [7, 11) is 3.39. The highest BCUT2D eigenvalue weighted by atomic mass is 16.5. The molecule has 1 heterocycles. The number of rotatable bonds is 6. The van der Waals surface area contributed by atoms with Crippen LogP contribution in [0.15, 0.2) is 28.7 Å². The van der Waals surface area contributed by atoms with Gasteiger partial charge in [0.05, 0.1) is 20.8 Å². The Hall–Kier alpha value is -2.95. The molecule has 0 N–H and O–H groups in total. The molecule has 0 saturated heterocycles. The van der Waals surface area contributed by atoms with Crippen LogP contribution in [0.4, 0.5) is 0 Å². The monoisotopic (exact) mass is 382 g/mol. The van der Waals surface area contributed by atoms with E-state index in [9.17, 15) is 4.79 Å². The lowest BCUT2D eigenvalue weighted by molar-refractivity contribution is 0.0492. The number of hydrogen-bond acceptors (Lipinski definition) is 5. The van der Waals surface area contributed by atoms with Gasteiger partial charge in [-0.15, -0.1) is 0 Å². The number of fused-ring (bicyclic) bond motifs is 1. The fourth-order valence-electron chi connectivity index (χ4n) is 3.66. The first-order valence-electron chi connectivity index (χ1n) is 9.31. The predicted octanol–water partition coefficient (Wildman–Crippen LogP) is 5.14. The van der Waals surface area contributed by atoms with Gasteiger partial charge < -0.3 is 18.6 Å². The minimum Gasteiger partial charge on any atom is -0.496 e. The van der Waals surface area contributed by atoms with Crippen LogP contribution in [0.2, 0.25) is 0 Å². The second-order valence-electron chi connectivity index (χ2n) is 6.80. The maximum atomic E-state index is 11.9. The number of carbonyl (C=O) groups is 1. The highest BCUT2D eigenvalue weighted by Gasteiger charge is 2.19. The SMILES string of the molecule is CCOC(=O)c1cc2cc(Cc3c(C)c(OC)c(C)c(C)c3OC)ccc2o1. The summed E-state index contributed by atoms with van der Waals surface area (Å²) in [6.07, 6.45) is 0.683. The van der Waals surface area contributed by atoms with E-state index in [1.54, 1.807) is 27.2 Å². The average molecular weight is 382 g/mol. The summed E-state index contributed by atoms with van der Waals surface area (Å²) in [5.41, 5.74) is 6.08. The van der Waals surface area contributed by atoms with Gasteiger partial charge in [0.1, 0.15) is 17.1 Å². The summed E-state index contributed by atoms with van der Waals surface area (Å²) in [6, 6.07) is 7.64. The molecular formula is C23H26O5. The average Bonchev–Trinajstić information content (AvgIpc) is 3.10. The van der Waals surface area contributed by atoms with Gasteiger partial charge in [0, 0.05) is 17.4 Å². The Morgan fingerprint density at radius 2 is 1.64 bits per heavy atom. The first-order chi connectivity index (χ1) is 13.4. The summed E-state index contributed by atoms with van der Waals surface area (Å²) in [5, 5.41) is 0.868. The minimum absolute atomic E-state index is 0.218. The zero-order valence-corrected chi connectivity index (χ0v) is 17.3. The molecule has 0 spiro atoms. The number of furan rings is 1. The first-order valence-corrected chi connectivity index (χ1v) is 9.31. The van der Waals surface area contributed by atoms with Gasteiger partial charge in [0.2, 0.25) is 5.76 Å². The largest absolute Gasteiger partial charge is 0.496 e. The number of esters is 1. The van der Waals surface area contributed by atoms with E-state index in [4.69, 9.17) is 18.6 Å². The van der Waals surface area contributed by atoms with E-state index in [1.165, 1.54) is 0 Å². The van der Waals surface area contributed by atoms with Crippen LogP contribution < -0.4 is 9.47 Å². The van der Waals surface area contributed by atoms with Gasteiger partial charge in [-0.3, -0.25) is 0 Å². The van der Waals surface area contributed by atoms with Gasteiger partial charge in [-0.1, -0.05) is 6.07 Å². The molecule has 148 valence electrons. The highest BCUT2D eigenvalue weighted by molar-refractivity contribution is 5.92. The van der Waals surface area contributed by atoms with E-state index < -0.39 is 5.97 Å². The molecule has 0 amide bonds. The number of methoxy groups -OCH3 is 2. The predicted molar refractivity (Wildman–Crippen MR) is 109 cm³/mol. The minimum atomic E-state index is -0.448. The Morgan fingerprint density at radius 1 is 0.964 bits per heavy atom. The second-order valence-corrected chi connectivity index (χ2v) is 6.80. The molecule has 0 aliphatic carbocycles. The molecule has 28 heavy (non-hydrogen) atoms. The maximum absolute atomic E-state index is 11.9. The molecule has 0 fully saturated rings. The molecule has 0 bridgehead atoms. The van der Waals surface area contributed by atoms with Crippen molar-refractivity contribution in [2.75, 3.05) is 20.8 Å². The van der Waals surface area contributed by atoms with E-state index in [0.29, 0.717) is 18.6 Å². The zero-order chi connectivity index (χ0) is 20.4. The number of hydrogen-bond donors (Lipinski definition) is 0. The summed E-state index contributed by atoms with van der Waals surface area (Å²) >= 11 is 0. The van der Waals surface area contributed by atoms with Crippen molar-refractivity contribution in [2.24, 2.45) is 0 Å². The van der Waals surface area contributed by atoms with Crippen LogP contribution in [0.3, 0.4) is 0 Å². The van der Waals surface area contributed by atoms with Crippen molar-refractivity contribution in [3.63, 3.8) is 0 Å². The molecule has 0 unspecified atom stereocenters. The molecule has 1 aromatic heterocycles. The van der Waals surface area contributed by atoms with Gasteiger partial charge >= 0.3 is 5.97 Å². The highest BCUT2D eigenvalue weighted by Crippen LogP contribution is 2.39. The molecule has 5 nitrogen and oxygen atoms in total. The van der Waals surface area contributed by atoms with E-state index >= 15 is 0 Å². The van der Waals surface area contributed by atoms with Crippen LogP contribution in [0, 0.1) is 20.8 Å². The van der Waals surface area contributed by atoms with Crippen LogP contribution in [-0.4, -0.2) is 26.8 Å². The van der Waals surface area contributed by atoms with E-state index in [-0.39, 0.29) is 5.76 Å². The molecule has 0 saturated carbocycles. The van der Waals surface area contributed by atoms with Crippen LogP contribution in [0.25, 0.3) is 11.0 Å². The van der Waals surface area contributed by atoms with Crippen molar-refractivity contribution in [1.82, 2.24) is 0 Å². The van der Waals surface area contributed by atoms with Crippen molar-refractivity contribution >= 4 is 16.9 Å². The lowest BCUT2D eigenvalue weighted by atomic mass is 9.92. The summed E-state index contributed by atoms with van der Waals surface area (Å²) in [6.45, 7) is 8.23. The molecule has 0 atom stereocenters. The molecule has 3 aromatic rings.